The molecular formula is C9H16BN3O2. The molecule has 6 heteroatoms. The summed E-state index contributed by atoms with van der Waals surface area (Å²) in [7, 11) is -1.50. The van der Waals surface area contributed by atoms with Crippen LogP contribution in [0.25, 0.3) is 0 Å². The van der Waals surface area contributed by atoms with Gasteiger partial charge in [0.1, 0.15) is 0 Å². The molecule has 0 aliphatic carbocycles. The maximum Gasteiger partial charge on any atom is 0.491 e. The van der Waals surface area contributed by atoms with Crippen LogP contribution in [0.15, 0.2) is 6.20 Å². The lowest BCUT2D eigenvalue weighted by Crippen LogP contribution is -2.35. The van der Waals surface area contributed by atoms with Crippen LogP contribution in [0.5, 0.6) is 0 Å². The number of nitrogens with zero attached hydrogens (tertiary/aromatic N) is 3. The lowest BCUT2D eigenvalue weighted by molar-refractivity contribution is 0.425. The fourth-order valence-electron chi connectivity index (χ4n) is 1.38. The lowest BCUT2D eigenvalue weighted by atomic mass is 9.80. The Balaban J connectivity index is 3.00. The predicted molar refractivity (Wildman–Crippen MR) is 60.2 cm³/mol. The molecule has 15 heavy (non-hydrogen) atoms. The molecule has 5 nitrogen and oxygen atoms in total. The molecule has 0 radical (unpaired) electrons. The molecule has 1 heterocycles. The largest absolute Gasteiger partial charge is 0.491 e. The average Bonchev–Trinajstić information content (AvgIpc) is 2.19. The van der Waals surface area contributed by atoms with E-state index in [-0.39, 0.29) is 0 Å². The van der Waals surface area contributed by atoms with Gasteiger partial charge in [0.05, 0.1) is 0 Å². The second kappa shape index (κ2) is 5.09. The molecule has 0 aliphatic rings. The number of rotatable bonds is 4. The number of hydrogen-bond donors (Lipinski definition) is 2. The summed E-state index contributed by atoms with van der Waals surface area (Å²) in [6.07, 6.45) is 1.46. The monoisotopic (exact) mass is 209 g/mol. The van der Waals surface area contributed by atoms with E-state index < -0.39 is 7.12 Å². The van der Waals surface area contributed by atoms with E-state index in [1.807, 2.05) is 18.7 Å². The minimum absolute atomic E-state index is 0.353. The van der Waals surface area contributed by atoms with Crippen molar-refractivity contribution in [2.24, 2.45) is 0 Å². The van der Waals surface area contributed by atoms with Gasteiger partial charge in [-0.05, 0) is 20.8 Å². The van der Waals surface area contributed by atoms with Crippen molar-refractivity contribution in [3.05, 3.63) is 11.9 Å². The third-order valence-electron chi connectivity index (χ3n) is 2.33. The van der Waals surface area contributed by atoms with E-state index in [2.05, 4.69) is 9.97 Å². The SMILES string of the molecule is CCN(CC)c1ncc(B(O)O)c(C)n1. The quantitative estimate of drug-likeness (QED) is 0.642. The zero-order chi connectivity index (χ0) is 11.4. The zero-order valence-corrected chi connectivity index (χ0v) is 9.30. The summed E-state index contributed by atoms with van der Waals surface area (Å²) in [6.45, 7) is 7.45. The van der Waals surface area contributed by atoms with Crippen molar-refractivity contribution in [2.75, 3.05) is 18.0 Å². The van der Waals surface area contributed by atoms with Gasteiger partial charge in [-0.1, -0.05) is 0 Å². The smallest absolute Gasteiger partial charge is 0.423 e. The van der Waals surface area contributed by atoms with E-state index in [1.165, 1.54) is 6.20 Å². The average molecular weight is 209 g/mol. The number of aryl methyl sites for hydroxylation is 1. The van der Waals surface area contributed by atoms with Gasteiger partial charge in [-0.2, -0.15) is 0 Å². The molecule has 0 aromatic carbocycles. The van der Waals surface area contributed by atoms with Gasteiger partial charge < -0.3 is 14.9 Å². The van der Waals surface area contributed by atoms with Crippen LogP contribution in [0.3, 0.4) is 0 Å². The Morgan fingerprint density at radius 3 is 2.33 bits per heavy atom. The van der Waals surface area contributed by atoms with E-state index in [0.717, 1.165) is 13.1 Å². The fraction of sp³-hybridized carbons (Fsp3) is 0.556. The first-order chi connectivity index (χ1) is 7.10. The Hall–Kier alpha value is -1.14. The first-order valence-electron chi connectivity index (χ1n) is 5.04. The second-order valence-electron chi connectivity index (χ2n) is 3.26. The van der Waals surface area contributed by atoms with Gasteiger partial charge in [0, 0.05) is 30.4 Å². The molecule has 1 rings (SSSR count). The molecule has 2 N–H and O–H groups in total. The van der Waals surface area contributed by atoms with Crippen molar-refractivity contribution < 1.29 is 10.0 Å². The molecule has 0 unspecified atom stereocenters. The maximum absolute atomic E-state index is 9.01. The van der Waals surface area contributed by atoms with Gasteiger partial charge >= 0.3 is 7.12 Å². The Labute approximate surface area is 89.9 Å². The van der Waals surface area contributed by atoms with Gasteiger partial charge in [-0.3, -0.25) is 0 Å². The summed E-state index contributed by atoms with van der Waals surface area (Å²) in [4.78, 5) is 10.3. The van der Waals surface area contributed by atoms with Gasteiger partial charge in [-0.25, -0.2) is 9.97 Å². The highest BCUT2D eigenvalue weighted by Gasteiger charge is 2.17. The molecule has 0 bridgehead atoms. The van der Waals surface area contributed by atoms with Crippen molar-refractivity contribution in [3.8, 4) is 0 Å². The Morgan fingerprint density at radius 1 is 1.33 bits per heavy atom. The highest BCUT2D eigenvalue weighted by Crippen LogP contribution is 2.05. The van der Waals surface area contributed by atoms with Crippen LogP contribution in [-0.2, 0) is 0 Å². The highest BCUT2D eigenvalue weighted by atomic mass is 16.4. The summed E-state index contributed by atoms with van der Waals surface area (Å²) in [6, 6.07) is 0. The van der Waals surface area contributed by atoms with Crippen LogP contribution in [0.4, 0.5) is 5.95 Å². The normalized spacial score (nSPS) is 10.2. The Bertz CT molecular complexity index is 329. The topological polar surface area (TPSA) is 69.5 Å². The summed E-state index contributed by atoms with van der Waals surface area (Å²) in [5.74, 6) is 0.627. The fourth-order valence-corrected chi connectivity index (χ4v) is 1.38. The summed E-state index contributed by atoms with van der Waals surface area (Å²) in [5.41, 5.74) is 0.952. The highest BCUT2D eigenvalue weighted by molar-refractivity contribution is 6.58. The zero-order valence-electron chi connectivity index (χ0n) is 9.30. The molecule has 1 aromatic heterocycles. The molecule has 0 saturated heterocycles. The molecule has 0 spiro atoms. The number of anilines is 1. The van der Waals surface area contributed by atoms with Crippen LogP contribution in [-0.4, -0.2) is 40.2 Å². The van der Waals surface area contributed by atoms with Crippen LogP contribution in [0, 0.1) is 6.92 Å². The third-order valence-corrected chi connectivity index (χ3v) is 2.33. The van der Waals surface area contributed by atoms with E-state index in [1.54, 1.807) is 6.92 Å². The summed E-state index contributed by atoms with van der Waals surface area (Å²) in [5, 5.41) is 18.0. The van der Waals surface area contributed by atoms with Crippen LogP contribution < -0.4 is 10.4 Å². The lowest BCUT2D eigenvalue weighted by Gasteiger charge is -2.19. The first-order valence-corrected chi connectivity index (χ1v) is 5.04. The van der Waals surface area contributed by atoms with Crippen LogP contribution >= 0.6 is 0 Å². The number of aromatic nitrogens is 2. The standard InChI is InChI=1S/C9H16BN3O2/c1-4-13(5-2)9-11-6-8(10(14)15)7(3)12-9/h6,14-15H,4-5H2,1-3H3. The molecule has 1 aromatic rings. The van der Waals surface area contributed by atoms with Crippen molar-refractivity contribution in [1.29, 1.82) is 0 Å². The molecule has 0 aliphatic heterocycles. The van der Waals surface area contributed by atoms with E-state index in [9.17, 15) is 0 Å². The third kappa shape index (κ3) is 2.67. The van der Waals surface area contributed by atoms with Gasteiger partial charge in [0.15, 0.2) is 0 Å². The summed E-state index contributed by atoms with van der Waals surface area (Å²) >= 11 is 0. The summed E-state index contributed by atoms with van der Waals surface area (Å²) < 4.78 is 0. The van der Waals surface area contributed by atoms with Crippen LogP contribution in [0.1, 0.15) is 19.5 Å². The molecule has 0 fully saturated rings. The minimum atomic E-state index is -1.50. The van der Waals surface area contributed by atoms with Gasteiger partial charge in [-0.15, -0.1) is 0 Å². The van der Waals surface area contributed by atoms with Crippen LogP contribution in [0.2, 0.25) is 0 Å². The predicted octanol–water partition coefficient (Wildman–Crippen LogP) is -0.689. The van der Waals surface area contributed by atoms with Crippen molar-refractivity contribution >= 4 is 18.5 Å². The minimum Gasteiger partial charge on any atom is -0.423 e. The molecule has 82 valence electrons. The Morgan fingerprint density at radius 2 is 1.93 bits per heavy atom. The maximum atomic E-state index is 9.01. The first kappa shape index (κ1) is 11.9. The molecule has 0 saturated carbocycles. The molecular weight excluding hydrogens is 193 g/mol. The number of hydrogen-bond acceptors (Lipinski definition) is 5. The van der Waals surface area contributed by atoms with E-state index in [4.69, 9.17) is 10.0 Å². The van der Waals surface area contributed by atoms with Crippen molar-refractivity contribution in [3.63, 3.8) is 0 Å². The van der Waals surface area contributed by atoms with Crippen molar-refractivity contribution in [1.82, 2.24) is 9.97 Å². The van der Waals surface area contributed by atoms with Gasteiger partial charge in [0.25, 0.3) is 0 Å². The second-order valence-corrected chi connectivity index (χ2v) is 3.26. The molecule has 0 amide bonds. The molecule has 0 atom stereocenters. The van der Waals surface area contributed by atoms with E-state index in [0.29, 0.717) is 17.1 Å². The Kier molecular flexibility index (Phi) is 4.05. The van der Waals surface area contributed by atoms with Crippen molar-refractivity contribution in [2.45, 2.75) is 20.8 Å². The van der Waals surface area contributed by atoms with Gasteiger partial charge in [0.2, 0.25) is 5.95 Å². The van der Waals surface area contributed by atoms with E-state index >= 15 is 0 Å².